The van der Waals surface area contributed by atoms with E-state index in [1.165, 1.54) is 10.5 Å². The van der Waals surface area contributed by atoms with E-state index in [2.05, 4.69) is 11.8 Å². The van der Waals surface area contributed by atoms with Crippen LogP contribution in [-0.4, -0.2) is 49.7 Å². The van der Waals surface area contributed by atoms with Crippen LogP contribution in [0.25, 0.3) is 0 Å². The summed E-state index contributed by atoms with van der Waals surface area (Å²) < 4.78 is 11.2. The van der Waals surface area contributed by atoms with Crippen molar-refractivity contribution in [3.8, 4) is 5.75 Å². The number of benzene rings is 1. The summed E-state index contributed by atoms with van der Waals surface area (Å²) in [6, 6.07) is 6.01. The summed E-state index contributed by atoms with van der Waals surface area (Å²) in [4.78, 5) is 15.5. The molecule has 0 spiro atoms. The van der Waals surface area contributed by atoms with Crippen molar-refractivity contribution < 1.29 is 14.3 Å². The number of ether oxygens (including phenoxy) is 2. The highest BCUT2D eigenvalue weighted by molar-refractivity contribution is 5.70. The molecule has 1 amide bonds. The fourth-order valence-electron chi connectivity index (χ4n) is 2.63. The quantitative estimate of drug-likeness (QED) is 0.859. The average Bonchev–Trinajstić information content (AvgIpc) is 2.45. The highest BCUT2D eigenvalue weighted by Crippen LogP contribution is 2.34. The summed E-state index contributed by atoms with van der Waals surface area (Å²) in [5.74, 6) is 0.565. The minimum atomic E-state index is -0.341. The molecule has 1 heterocycles. The second kappa shape index (κ2) is 6.45. The first-order chi connectivity index (χ1) is 9.93. The minimum Gasteiger partial charge on any atom is -0.410 e. The molecular weight excluding hydrogens is 268 g/mol. The van der Waals surface area contributed by atoms with Crippen LogP contribution >= 0.6 is 0 Å². The molecule has 1 aliphatic heterocycles. The molecule has 1 aromatic carbocycles. The molecule has 2 rings (SSSR count). The van der Waals surface area contributed by atoms with Gasteiger partial charge in [0.15, 0.2) is 0 Å². The molecule has 5 nitrogen and oxygen atoms in total. The van der Waals surface area contributed by atoms with Gasteiger partial charge in [0.2, 0.25) is 0 Å². The zero-order valence-electron chi connectivity index (χ0n) is 13.4. The Bertz CT molecular complexity index is 516. The van der Waals surface area contributed by atoms with Crippen LogP contribution in [0.1, 0.15) is 31.0 Å². The Morgan fingerprint density at radius 2 is 2.10 bits per heavy atom. The Hall–Kier alpha value is -1.59. The average molecular weight is 292 g/mol. The van der Waals surface area contributed by atoms with E-state index in [-0.39, 0.29) is 18.2 Å². The molecule has 0 aromatic heterocycles. The van der Waals surface area contributed by atoms with Gasteiger partial charge in [0.25, 0.3) is 0 Å². The molecule has 0 radical (unpaired) electrons. The van der Waals surface area contributed by atoms with Crippen molar-refractivity contribution in [3.63, 3.8) is 0 Å². The smallest absolute Gasteiger partial charge is 0.410 e. The first-order valence-electron chi connectivity index (χ1n) is 7.27. The number of hydrogen-bond acceptors (Lipinski definition) is 4. The first-order valence-corrected chi connectivity index (χ1v) is 7.27. The van der Waals surface area contributed by atoms with Crippen LogP contribution in [0.2, 0.25) is 0 Å². The van der Waals surface area contributed by atoms with Crippen molar-refractivity contribution in [1.29, 1.82) is 0 Å². The summed E-state index contributed by atoms with van der Waals surface area (Å²) in [5.41, 5.74) is 2.32. The van der Waals surface area contributed by atoms with Crippen molar-refractivity contribution in [1.82, 2.24) is 9.80 Å². The molecule has 0 fully saturated rings. The molecule has 0 aliphatic carbocycles. The van der Waals surface area contributed by atoms with Gasteiger partial charge in [-0.3, -0.25) is 0 Å². The second-order valence-corrected chi connectivity index (χ2v) is 5.67. The van der Waals surface area contributed by atoms with Gasteiger partial charge >= 0.3 is 6.09 Å². The SMILES string of the molecule is CCN(C)C(=O)Oc1ccc2c(c1)CO[C@H](C)C2N(C)C. The summed E-state index contributed by atoms with van der Waals surface area (Å²) >= 11 is 0. The third-order valence-corrected chi connectivity index (χ3v) is 3.93. The van der Waals surface area contributed by atoms with Gasteiger partial charge < -0.3 is 19.3 Å². The van der Waals surface area contributed by atoms with Gasteiger partial charge in [-0.25, -0.2) is 4.79 Å². The molecule has 1 aliphatic rings. The van der Waals surface area contributed by atoms with E-state index >= 15 is 0 Å². The van der Waals surface area contributed by atoms with Gasteiger partial charge in [-0.2, -0.15) is 0 Å². The Morgan fingerprint density at radius 1 is 1.38 bits per heavy atom. The van der Waals surface area contributed by atoms with Crippen LogP contribution in [0, 0.1) is 0 Å². The zero-order chi connectivity index (χ0) is 15.6. The number of carbonyl (C=O) groups excluding carboxylic acids is 1. The number of hydrogen-bond donors (Lipinski definition) is 0. The van der Waals surface area contributed by atoms with Gasteiger partial charge in [0, 0.05) is 13.6 Å². The fourth-order valence-corrected chi connectivity index (χ4v) is 2.63. The lowest BCUT2D eigenvalue weighted by molar-refractivity contribution is -0.0168. The van der Waals surface area contributed by atoms with Crippen molar-refractivity contribution in [2.75, 3.05) is 27.7 Å². The topological polar surface area (TPSA) is 42.0 Å². The highest BCUT2D eigenvalue weighted by atomic mass is 16.6. The zero-order valence-corrected chi connectivity index (χ0v) is 13.4. The molecule has 1 aromatic rings. The van der Waals surface area contributed by atoms with E-state index in [1.807, 2.05) is 39.2 Å². The Balaban J connectivity index is 2.22. The number of fused-ring (bicyclic) bond motifs is 1. The molecule has 2 atom stereocenters. The van der Waals surface area contributed by atoms with Crippen LogP contribution in [0.5, 0.6) is 5.75 Å². The van der Waals surface area contributed by atoms with Crippen LogP contribution in [0.3, 0.4) is 0 Å². The molecule has 0 N–H and O–H groups in total. The fraction of sp³-hybridized carbons (Fsp3) is 0.562. The maximum atomic E-state index is 11.8. The van der Waals surface area contributed by atoms with E-state index in [9.17, 15) is 4.79 Å². The summed E-state index contributed by atoms with van der Waals surface area (Å²) in [5, 5.41) is 0. The molecule has 5 heteroatoms. The largest absolute Gasteiger partial charge is 0.414 e. The van der Waals surface area contributed by atoms with Gasteiger partial charge in [0.05, 0.1) is 18.8 Å². The Morgan fingerprint density at radius 3 is 2.71 bits per heavy atom. The van der Waals surface area contributed by atoms with E-state index in [4.69, 9.17) is 9.47 Å². The number of nitrogens with zero attached hydrogens (tertiary/aromatic N) is 2. The lowest BCUT2D eigenvalue weighted by Gasteiger charge is -2.36. The van der Waals surface area contributed by atoms with E-state index in [0.29, 0.717) is 18.9 Å². The summed E-state index contributed by atoms with van der Waals surface area (Å²) in [6.07, 6.45) is -0.196. The summed E-state index contributed by atoms with van der Waals surface area (Å²) in [6.45, 7) is 5.16. The normalized spacial score (nSPS) is 21.0. The predicted octanol–water partition coefficient (Wildman–Crippen LogP) is 2.66. The Kier molecular flexibility index (Phi) is 4.85. The number of rotatable bonds is 3. The number of amides is 1. The minimum absolute atomic E-state index is 0.145. The molecular formula is C16H24N2O3. The van der Waals surface area contributed by atoms with Crippen LogP contribution < -0.4 is 4.74 Å². The maximum Gasteiger partial charge on any atom is 0.414 e. The van der Waals surface area contributed by atoms with Gasteiger partial charge in [-0.1, -0.05) is 6.07 Å². The van der Waals surface area contributed by atoms with Crippen LogP contribution in [-0.2, 0) is 11.3 Å². The van der Waals surface area contributed by atoms with Crippen LogP contribution in [0.15, 0.2) is 18.2 Å². The molecule has 0 saturated heterocycles. The first kappa shape index (κ1) is 15.8. The standard InChI is InChI=1S/C16H24N2O3/c1-6-18(5)16(19)21-13-7-8-14-12(9-13)10-20-11(2)15(14)17(3)4/h7-9,11,15H,6,10H2,1-5H3/t11-,15?/m1/s1. The van der Waals surface area contributed by atoms with E-state index in [1.54, 1.807) is 7.05 Å². The van der Waals surface area contributed by atoms with Crippen molar-refractivity contribution in [3.05, 3.63) is 29.3 Å². The molecule has 0 bridgehead atoms. The maximum absolute atomic E-state index is 11.8. The van der Waals surface area contributed by atoms with Crippen molar-refractivity contribution in [2.24, 2.45) is 0 Å². The van der Waals surface area contributed by atoms with Crippen LogP contribution in [0.4, 0.5) is 4.79 Å². The molecule has 116 valence electrons. The van der Waals surface area contributed by atoms with Crippen molar-refractivity contribution in [2.45, 2.75) is 32.6 Å². The monoisotopic (exact) mass is 292 g/mol. The Labute approximate surface area is 126 Å². The molecule has 0 saturated carbocycles. The lowest BCUT2D eigenvalue weighted by Crippen LogP contribution is -2.35. The van der Waals surface area contributed by atoms with Gasteiger partial charge in [-0.15, -0.1) is 0 Å². The van der Waals surface area contributed by atoms with Crippen molar-refractivity contribution >= 4 is 6.09 Å². The second-order valence-electron chi connectivity index (χ2n) is 5.67. The highest BCUT2D eigenvalue weighted by Gasteiger charge is 2.29. The summed E-state index contributed by atoms with van der Waals surface area (Å²) in [7, 11) is 5.81. The predicted molar refractivity (Wildman–Crippen MR) is 81.4 cm³/mol. The van der Waals surface area contributed by atoms with Gasteiger partial charge in [0.1, 0.15) is 5.75 Å². The van der Waals surface area contributed by atoms with Gasteiger partial charge in [-0.05, 0) is 51.2 Å². The molecule has 1 unspecified atom stereocenters. The van der Waals surface area contributed by atoms with E-state index < -0.39 is 0 Å². The van der Waals surface area contributed by atoms with E-state index in [0.717, 1.165) is 5.56 Å². The third-order valence-electron chi connectivity index (χ3n) is 3.93. The lowest BCUT2D eigenvalue weighted by atomic mass is 9.93. The number of likely N-dealkylation sites (N-methyl/N-ethyl adjacent to an activating group) is 1. The molecule has 21 heavy (non-hydrogen) atoms. The third kappa shape index (κ3) is 3.36. The number of carbonyl (C=O) groups is 1.